The fourth-order valence-corrected chi connectivity index (χ4v) is 4.17. The summed E-state index contributed by atoms with van der Waals surface area (Å²) in [6.45, 7) is 1.87. The van der Waals surface area contributed by atoms with Gasteiger partial charge in [-0.3, -0.25) is 0 Å². The van der Waals surface area contributed by atoms with Gasteiger partial charge in [0, 0.05) is 0 Å². The molecule has 1 atom stereocenters. The number of hydrogen-bond donors (Lipinski definition) is 1. The highest BCUT2D eigenvalue weighted by Gasteiger charge is 2.28. The van der Waals surface area contributed by atoms with E-state index in [0.717, 1.165) is 31.2 Å². The van der Waals surface area contributed by atoms with Crippen LogP contribution in [0.4, 0.5) is 0 Å². The summed E-state index contributed by atoms with van der Waals surface area (Å²) in [5, 5.41) is 10.0. The molecule has 0 aliphatic heterocycles. The van der Waals surface area contributed by atoms with Crippen molar-refractivity contribution in [2.75, 3.05) is 5.75 Å². The van der Waals surface area contributed by atoms with Crippen molar-refractivity contribution in [1.29, 1.82) is 0 Å². The maximum atomic E-state index is 12.2. The van der Waals surface area contributed by atoms with Gasteiger partial charge in [0.05, 0.1) is 16.8 Å². The third kappa shape index (κ3) is 3.12. The highest BCUT2D eigenvalue weighted by atomic mass is 32.2. The van der Waals surface area contributed by atoms with Gasteiger partial charge in [-0.1, -0.05) is 25.0 Å². The van der Waals surface area contributed by atoms with E-state index >= 15 is 0 Å². The standard InChI is InChI=1S/C14H20O3S/c1-11-5-4-8-13(9-11)18(16,17)10-14(15)12-6-2-3-7-12/h4-5,8-9,12,14-15H,2-3,6-7,10H2,1H3. The SMILES string of the molecule is Cc1cccc(S(=O)(=O)CC(O)C2CCCC2)c1. The van der Waals surface area contributed by atoms with Crippen LogP contribution in [0.15, 0.2) is 29.2 Å². The number of hydrogen-bond acceptors (Lipinski definition) is 3. The lowest BCUT2D eigenvalue weighted by atomic mass is 10.0. The Hall–Kier alpha value is -0.870. The summed E-state index contributed by atoms with van der Waals surface area (Å²) in [5.41, 5.74) is 0.923. The molecule has 1 aliphatic rings. The van der Waals surface area contributed by atoms with Crippen LogP contribution in [0.25, 0.3) is 0 Å². The molecule has 1 N–H and O–H groups in total. The van der Waals surface area contributed by atoms with Gasteiger partial charge in [-0.15, -0.1) is 0 Å². The van der Waals surface area contributed by atoms with Crippen LogP contribution in [0.5, 0.6) is 0 Å². The van der Waals surface area contributed by atoms with E-state index in [9.17, 15) is 13.5 Å². The summed E-state index contributed by atoms with van der Waals surface area (Å²) < 4.78 is 24.4. The average Bonchev–Trinajstić information content (AvgIpc) is 2.82. The third-order valence-corrected chi connectivity index (χ3v) is 5.44. The second kappa shape index (κ2) is 5.41. The van der Waals surface area contributed by atoms with Gasteiger partial charge in [0.25, 0.3) is 0 Å². The van der Waals surface area contributed by atoms with E-state index in [0.29, 0.717) is 4.90 Å². The maximum Gasteiger partial charge on any atom is 0.180 e. The van der Waals surface area contributed by atoms with Gasteiger partial charge in [0.2, 0.25) is 0 Å². The molecular weight excluding hydrogens is 248 g/mol. The molecule has 2 rings (SSSR count). The van der Waals surface area contributed by atoms with Crippen molar-refractivity contribution < 1.29 is 13.5 Å². The average molecular weight is 268 g/mol. The van der Waals surface area contributed by atoms with E-state index in [-0.39, 0.29) is 11.7 Å². The lowest BCUT2D eigenvalue weighted by Crippen LogP contribution is -2.27. The predicted octanol–water partition coefficient (Wildman–Crippen LogP) is 2.32. The van der Waals surface area contributed by atoms with Gasteiger partial charge >= 0.3 is 0 Å². The minimum atomic E-state index is -3.37. The van der Waals surface area contributed by atoms with Gasteiger partial charge < -0.3 is 5.11 Å². The summed E-state index contributed by atoms with van der Waals surface area (Å²) in [4.78, 5) is 0.319. The van der Waals surface area contributed by atoms with Crippen molar-refractivity contribution in [2.45, 2.75) is 43.6 Å². The van der Waals surface area contributed by atoms with E-state index in [4.69, 9.17) is 0 Å². The van der Waals surface area contributed by atoms with Crippen LogP contribution in [0.1, 0.15) is 31.2 Å². The van der Waals surface area contributed by atoms with Crippen molar-refractivity contribution >= 4 is 9.84 Å². The number of aryl methyl sites for hydroxylation is 1. The highest BCUT2D eigenvalue weighted by Crippen LogP contribution is 2.29. The minimum Gasteiger partial charge on any atom is -0.392 e. The van der Waals surface area contributed by atoms with Crippen molar-refractivity contribution in [3.05, 3.63) is 29.8 Å². The Bertz CT molecular complexity index is 502. The molecule has 1 aromatic carbocycles. The predicted molar refractivity (Wildman–Crippen MR) is 71.2 cm³/mol. The minimum absolute atomic E-state index is 0.152. The van der Waals surface area contributed by atoms with Crippen molar-refractivity contribution in [1.82, 2.24) is 0 Å². The molecule has 0 spiro atoms. The summed E-state index contributed by atoms with van der Waals surface area (Å²) >= 11 is 0. The molecule has 0 radical (unpaired) electrons. The van der Waals surface area contributed by atoms with Crippen LogP contribution in [0.2, 0.25) is 0 Å². The lowest BCUT2D eigenvalue weighted by Gasteiger charge is -2.17. The number of sulfone groups is 1. The second-order valence-electron chi connectivity index (χ2n) is 5.21. The first-order valence-corrected chi connectivity index (χ1v) is 8.12. The summed E-state index contributed by atoms with van der Waals surface area (Å²) in [5.74, 6) is 0.00536. The van der Waals surface area contributed by atoms with Crippen LogP contribution >= 0.6 is 0 Å². The number of aliphatic hydroxyl groups excluding tert-OH is 1. The molecule has 0 aromatic heterocycles. The van der Waals surface area contributed by atoms with Crippen LogP contribution in [-0.4, -0.2) is 25.4 Å². The Labute approximate surface area is 109 Å². The van der Waals surface area contributed by atoms with Crippen LogP contribution in [0, 0.1) is 12.8 Å². The van der Waals surface area contributed by atoms with E-state index in [1.54, 1.807) is 18.2 Å². The molecule has 100 valence electrons. The van der Waals surface area contributed by atoms with Crippen molar-refractivity contribution in [3.8, 4) is 0 Å². The summed E-state index contributed by atoms with van der Waals surface area (Å²) in [7, 11) is -3.37. The van der Waals surface area contributed by atoms with Gasteiger partial charge in [-0.2, -0.15) is 0 Å². The second-order valence-corrected chi connectivity index (χ2v) is 7.24. The fraction of sp³-hybridized carbons (Fsp3) is 0.571. The summed E-state index contributed by atoms with van der Waals surface area (Å²) in [6.07, 6.45) is 3.38. The quantitative estimate of drug-likeness (QED) is 0.911. The zero-order chi connectivity index (χ0) is 13.2. The van der Waals surface area contributed by atoms with Crippen LogP contribution in [-0.2, 0) is 9.84 Å². The molecule has 0 amide bonds. The first-order valence-electron chi connectivity index (χ1n) is 6.46. The van der Waals surface area contributed by atoms with E-state index < -0.39 is 15.9 Å². The van der Waals surface area contributed by atoms with Gasteiger partial charge in [-0.05, 0) is 43.4 Å². The van der Waals surface area contributed by atoms with E-state index in [1.165, 1.54) is 0 Å². The Morgan fingerprint density at radius 2 is 2.00 bits per heavy atom. The molecule has 0 saturated heterocycles. The van der Waals surface area contributed by atoms with E-state index in [2.05, 4.69) is 0 Å². The lowest BCUT2D eigenvalue weighted by molar-refractivity contribution is 0.131. The molecule has 1 saturated carbocycles. The first kappa shape index (κ1) is 13.6. The molecule has 18 heavy (non-hydrogen) atoms. The fourth-order valence-electron chi connectivity index (χ4n) is 2.61. The molecule has 3 nitrogen and oxygen atoms in total. The van der Waals surface area contributed by atoms with Crippen molar-refractivity contribution in [2.24, 2.45) is 5.92 Å². The summed E-state index contributed by atoms with van der Waals surface area (Å²) in [6, 6.07) is 6.87. The number of rotatable bonds is 4. The number of aliphatic hydroxyl groups is 1. The topological polar surface area (TPSA) is 54.4 Å². The first-order chi connectivity index (χ1) is 8.49. The monoisotopic (exact) mass is 268 g/mol. The Morgan fingerprint density at radius 1 is 1.33 bits per heavy atom. The normalized spacial score (nSPS) is 19.0. The molecule has 1 aliphatic carbocycles. The largest absolute Gasteiger partial charge is 0.392 e. The highest BCUT2D eigenvalue weighted by molar-refractivity contribution is 7.91. The van der Waals surface area contributed by atoms with Gasteiger partial charge in [0.1, 0.15) is 0 Å². The van der Waals surface area contributed by atoms with Gasteiger partial charge in [-0.25, -0.2) is 8.42 Å². The molecule has 1 fully saturated rings. The molecule has 0 bridgehead atoms. The van der Waals surface area contributed by atoms with Crippen LogP contribution < -0.4 is 0 Å². The molecule has 0 heterocycles. The van der Waals surface area contributed by atoms with Gasteiger partial charge in [0.15, 0.2) is 9.84 Å². The maximum absolute atomic E-state index is 12.2. The number of benzene rings is 1. The molecule has 1 aromatic rings. The zero-order valence-corrected chi connectivity index (χ0v) is 11.5. The van der Waals surface area contributed by atoms with E-state index in [1.807, 2.05) is 13.0 Å². The Kier molecular flexibility index (Phi) is 4.07. The Morgan fingerprint density at radius 3 is 2.61 bits per heavy atom. The van der Waals surface area contributed by atoms with Crippen molar-refractivity contribution in [3.63, 3.8) is 0 Å². The Balaban J connectivity index is 2.11. The third-order valence-electron chi connectivity index (χ3n) is 3.68. The zero-order valence-electron chi connectivity index (χ0n) is 10.7. The smallest absolute Gasteiger partial charge is 0.180 e. The molecular formula is C14H20O3S. The van der Waals surface area contributed by atoms with Crippen LogP contribution in [0.3, 0.4) is 0 Å². The molecule has 1 unspecified atom stereocenters. The molecule has 4 heteroatoms.